The van der Waals surface area contributed by atoms with Crippen LogP contribution >= 0.6 is 0 Å². The van der Waals surface area contributed by atoms with Crippen LogP contribution in [0.15, 0.2) is 24.3 Å². The molecule has 1 aromatic rings. The molecule has 0 spiro atoms. The Kier molecular flexibility index (Phi) is 5.59. The van der Waals surface area contributed by atoms with Crippen molar-refractivity contribution in [1.82, 2.24) is 10.2 Å². The molecule has 21 heavy (non-hydrogen) atoms. The summed E-state index contributed by atoms with van der Waals surface area (Å²) in [7, 11) is 1.80. The topological polar surface area (TPSA) is 50.8 Å². The molecule has 5 nitrogen and oxygen atoms in total. The lowest BCUT2D eigenvalue weighted by Crippen LogP contribution is -2.45. The number of nitrogens with zero attached hydrogens (tertiary/aromatic N) is 1. The number of amides is 1. The van der Waals surface area contributed by atoms with Gasteiger partial charge < -0.3 is 19.7 Å². The van der Waals surface area contributed by atoms with Crippen LogP contribution < -0.4 is 10.1 Å². The van der Waals surface area contributed by atoms with Crippen LogP contribution in [-0.4, -0.2) is 56.3 Å². The monoisotopic (exact) mass is 292 g/mol. The molecule has 1 aliphatic rings. The average Bonchev–Trinajstić information content (AvgIpc) is 2.47. The van der Waals surface area contributed by atoms with Gasteiger partial charge in [-0.1, -0.05) is 6.07 Å². The van der Waals surface area contributed by atoms with Gasteiger partial charge >= 0.3 is 0 Å². The first-order valence-electron chi connectivity index (χ1n) is 7.41. The third kappa shape index (κ3) is 4.72. The molecule has 1 unspecified atom stereocenters. The normalized spacial score (nSPS) is 18.6. The van der Waals surface area contributed by atoms with Crippen LogP contribution in [-0.2, 0) is 4.74 Å². The highest BCUT2D eigenvalue weighted by Gasteiger charge is 2.19. The Bertz CT molecular complexity index is 470. The molecule has 116 valence electrons. The lowest BCUT2D eigenvalue weighted by molar-refractivity contribution is 0.0104. The van der Waals surface area contributed by atoms with Gasteiger partial charge in [0.05, 0.1) is 18.8 Å². The number of rotatable bonds is 5. The highest BCUT2D eigenvalue weighted by molar-refractivity contribution is 5.94. The molecule has 1 amide bonds. The molecule has 0 aliphatic carbocycles. The number of morpholine rings is 1. The number of carbonyl (C=O) groups is 1. The molecule has 1 atom stereocenters. The minimum atomic E-state index is -0.0154. The Morgan fingerprint density at radius 2 is 2.33 bits per heavy atom. The van der Waals surface area contributed by atoms with E-state index in [4.69, 9.17) is 9.47 Å². The van der Waals surface area contributed by atoms with Crippen LogP contribution in [0.5, 0.6) is 5.75 Å². The van der Waals surface area contributed by atoms with E-state index in [1.807, 2.05) is 32.0 Å². The zero-order valence-corrected chi connectivity index (χ0v) is 13.0. The summed E-state index contributed by atoms with van der Waals surface area (Å²) in [5, 5.41) is 3.27. The van der Waals surface area contributed by atoms with Gasteiger partial charge in [-0.25, -0.2) is 0 Å². The number of hydrogen-bond donors (Lipinski definition) is 1. The predicted molar refractivity (Wildman–Crippen MR) is 81.8 cm³/mol. The Morgan fingerprint density at radius 3 is 3.00 bits per heavy atom. The van der Waals surface area contributed by atoms with Gasteiger partial charge in [-0.2, -0.15) is 0 Å². The van der Waals surface area contributed by atoms with E-state index in [0.717, 1.165) is 18.8 Å². The molecule has 1 saturated heterocycles. The third-order valence-corrected chi connectivity index (χ3v) is 3.28. The highest BCUT2D eigenvalue weighted by atomic mass is 16.5. The number of likely N-dealkylation sites (N-methyl/N-ethyl adjacent to an activating group) is 1. The summed E-state index contributed by atoms with van der Waals surface area (Å²) < 4.78 is 11.3. The van der Waals surface area contributed by atoms with Crippen molar-refractivity contribution < 1.29 is 14.3 Å². The molecule has 2 rings (SSSR count). The van der Waals surface area contributed by atoms with Crippen LogP contribution in [0.1, 0.15) is 24.2 Å². The van der Waals surface area contributed by atoms with E-state index < -0.39 is 0 Å². The van der Waals surface area contributed by atoms with Gasteiger partial charge in [-0.05, 0) is 32.0 Å². The van der Waals surface area contributed by atoms with Crippen molar-refractivity contribution in [2.24, 2.45) is 0 Å². The predicted octanol–water partition coefficient (Wildman–Crippen LogP) is 1.53. The van der Waals surface area contributed by atoms with Gasteiger partial charge in [-0.15, -0.1) is 0 Å². The molecule has 1 N–H and O–H groups in total. The average molecular weight is 292 g/mol. The van der Waals surface area contributed by atoms with E-state index in [2.05, 4.69) is 5.32 Å². The Balaban J connectivity index is 1.97. The second kappa shape index (κ2) is 7.43. The van der Waals surface area contributed by atoms with Crippen molar-refractivity contribution >= 4 is 5.91 Å². The van der Waals surface area contributed by atoms with E-state index in [9.17, 15) is 4.79 Å². The molecule has 0 bridgehead atoms. The lowest BCUT2D eigenvalue weighted by atomic mass is 10.1. The van der Waals surface area contributed by atoms with E-state index >= 15 is 0 Å². The molecule has 1 aromatic carbocycles. The van der Waals surface area contributed by atoms with E-state index in [1.54, 1.807) is 18.0 Å². The number of benzene rings is 1. The van der Waals surface area contributed by atoms with E-state index in [-0.39, 0.29) is 18.1 Å². The maximum absolute atomic E-state index is 12.5. The summed E-state index contributed by atoms with van der Waals surface area (Å²) >= 11 is 0. The van der Waals surface area contributed by atoms with Gasteiger partial charge in [-0.3, -0.25) is 4.79 Å². The third-order valence-electron chi connectivity index (χ3n) is 3.28. The fourth-order valence-electron chi connectivity index (χ4n) is 2.32. The number of hydrogen-bond acceptors (Lipinski definition) is 4. The Labute approximate surface area is 126 Å². The SMILES string of the molecule is CC(C)Oc1cccc(C(=O)N(C)CC2CNCCO2)c1. The molecular formula is C16H24N2O3. The van der Waals surface area contributed by atoms with Crippen LogP contribution in [0.3, 0.4) is 0 Å². The number of ether oxygens (including phenoxy) is 2. The minimum absolute atomic E-state index is 0.0154. The minimum Gasteiger partial charge on any atom is -0.491 e. The van der Waals surface area contributed by atoms with E-state index in [0.29, 0.717) is 18.7 Å². The van der Waals surface area contributed by atoms with Crippen LogP contribution in [0.4, 0.5) is 0 Å². The van der Waals surface area contributed by atoms with Gasteiger partial charge in [0.15, 0.2) is 0 Å². The summed E-state index contributed by atoms with van der Waals surface area (Å²) in [4.78, 5) is 14.2. The first kappa shape index (κ1) is 15.8. The molecule has 5 heteroatoms. The summed E-state index contributed by atoms with van der Waals surface area (Å²) in [5.41, 5.74) is 0.638. The molecule has 1 aliphatic heterocycles. The molecule has 0 radical (unpaired) electrons. The maximum Gasteiger partial charge on any atom is 0.253 e. The van der Waals surface area contributed by atoms with Crippen molar-refractivity contribution in [3.8, 4) is 5.75 Å². The molecule has 0 saturated carbocycles. The quantitative estimate of drug-likeness (QED) is 0.894. The fraction of sp³-hybridized carbons (Fsp3) is 0.562. The van der Waals surface area contributed by atoms with Gasteiger partial charge in [0, 0.05) is 32.2 Å². The first-order valence-corrected chi connectivity index (χ1v) is 7.41. The van der Waals surface area contributed by atoms with Crippen molar-refractivity contribution in [1.29, 1.82) is 0 Å². The van der Waals surface area contributed by atoms with Crippen molar-refractivity contribution in [2.45, 2.75) is 26.1 Å². The van der Waals surface area contributed by atoms with Gasteiger partial charge in [0.2, 0.25) is 0 Å². The second-order valence-electron chi connectivity index (χ2n) is 5.58. The summed E-state index contributed by atoms with van der Waals surface area (Å²) in [6.45, 7) is 6.88. The zero-order valence-electron chi connectivity index (χ0n) is 13.0. The summed E-state index contributed by atoms with van der Waals surface area (Å²) in [5.74, 6) is 0.707. The van der Waals surface area contributed by atoms with E-state index in [1.165, 1.54) is 0 Å². The smallest absolute Gasteiger partial charge is 0.253 e. The first-order chi connectivity index (χ1) is 10.1. The molecule has 1 fully saturated rings. The van der Waals surface area contributed by atoms with Crippen molar-refractivity contribution in [3.63, 3.8) is 0 Å². The van der Waals surface area contributed by atoms with Crippen molar-refractivity contribution in [3.05, 3.63) is 29.8 Å². The molecular weight excluding hydrogens is 268 g/mol. The van der Waals surface area contributed by atoms with Gasteiger partial charge in [0.25, 0.3) is 5.91 Å². The second-order valence-corrected chi connectivity index (χ2v) is 5.58. The van der Waals surface area contributed by atoms with Crippen LogP contribution in [0, 0.1) is 0 Å². The number of nitrogens with one attached hydrogen (secondary N) is 1. The standard InChI is InChI=1S/C16H24N2O3/c1-12(2)21-14-6-4-5-13(9-14)16(19)18(3)11-15-10-17-7-8-20-15/h4-6,9,12,15,17H,7-8,10-11H2,1-3H3. The lowest BCUT2D eigenvalue weighted by Gasteiger charge is -2.28. The summed E-state index contributed by atoms with van der Waals surface area (Å²) in [6, 6.07) is 7.31. The van der Waals surface area contributed by atoms with Crippen LogP contribution in [0.25, 0.3) is 0 Å². The zero-order chi connectivity index (χ0) is 15.2. The Hall–Kier alpha value is -1.59. The molecule has 0 aromatic heterocycles. The maximum atomic E-state index is 12.5. The van der Waals surface area contributed by atoms with Crippen molar-refractivity contribution in [2.75, 3.05) is 33.3 Å². The fourth-order valence-corrected chi connectivity index (χ4v) is 2.32. The van der Waals surface area contributed by atoms with Gasteiger partial charge in [0.1, 0.15) is 5.75 Å². The molecule has 1 heterocycles. The number of carbonyl (C=O) groups excluding carboxylic acids is 1. The summed E-state index contributed by atoms with van der Waals surface area (Å²) in [6.07, 6.45) is 0.151. The largest absolute Gasteiger partial charge is 0.491 e. The Morgan fingerprint density at radius 1 is 1.52 bits per heavy atom. The highest BCUT2D eigenvalue weighted by Crippen LogP contribution is 2.16. The van der Waals surface area contributed by atoms with Crippen LogP contribution in [0.2, 0.25) is 0 Å².